The van der Waals surface area contributed by atoms with Crippen LogP contribution in [0.1, 0.15) is 53.9 Å². The van der Waals surface area contributed by atoms with Crippen LogP contribution >= 0.6 is 0 Å². The Balaban J connectivity index is 4.49. The smallest absolute Gasteiger partial charge is 0.166 e. The minimum absolute atomic E-state index is 0.0533. The predicted octanol–water partition coefficient (Wildman–Crippen LogP) is 3.21. The Kier molecular flexibility index (Phi) is 8.44. The zero-order chi connectivity index (χ0) is 13.4. The number of hydrogen-bond acceptors (Lipinski definition) is 3. The fourth-order valence-corrected chi connectivity index (χ4v) is 1.72. The van der Waals surface area contributed by atoms with E-state index in [2.05, 4.69) is 6.92 Å². The van der Waals surface area contributed by atoms with Gasteiger partial charge in [0.2, 0.25) is 0 Å². The van der Waals surface area contributed by atoms with Gasteiger partial charge < -0.3 is 9.47 Å². The molecule has 0 aromatic heterocycles. The van der Waals surface area contributed by atoms with E-state index in [1.807, 2.05) is 27.7 Å². The maximum Gasteiger partial charge on any atom is 0.166 e. The number of unbranched alkanes of at least 4 members (excludes halogenated alkanes) is 1. The quantitative estimate of drug-likeness (QED) is 0.625. The van der Waals surface area contributed by atoms with Crippen molar-refractivity contribution in [1.82, 2.24) is 0 Å². The Morgan fingerprint density at radius 1 is 1.18 bits per heavy atom. The van der Waals surface area contributed by atoms with E-state index in [1.165, 1.54) is 0 Å². The normalized spacial score (nSPS) is 16.9. The summed E-state index contributed by atoms with van der Waals surface area (Å²) in [4.78, 5) is 12.3. The molecule has 17 heavy (non-hydrogen) atoms. The first-order valence-electron chi connectivity index (χ1n) is 6.65. The lowest BCUT2D eigenvalue weighted by Gasteiger charge is -2.25. The highest BCUT2D eigenvalue weighted by molar-refractivity contribution is 5.85. The molecule has 0 amide bonds. The van der Waals surface area contributed by atoms with E-state index in [9.17, 15) is 4.79 Å². The Bertz CT molecular complexity index is 214. The topological polar surface area (TPSA) is 35.5 Å². The fourth-order valence-electron chi connectivity index (χ4n) is 1.72. The second kappa shape index (κ2) is 8.65. The van der Waals surface area contributed by atoms with Crippen molar-refractivity contribution in [3.8, 4) is 0 Å². The summed E-state index contributed by atoms with van der Waals surface area (Å²) < 4.78 is 10.9. The number of carbonyl (C=O) groups is 1. The molecule has 3 atom stereocenters. The van der Waals surface area contributed by atoms with Gasteiger partial charge in [-0.15, -0.1) is 0 Å². The van der Waals surface area contributed by atoms with Gasteiger partial charge in [-0.3, -0.25) is 4.79 Å². The van der Waals surface area contributed by atoms with E-state index in [-0.39, 0.29) is 30.0 Å². The zero-order valence-corrected chi connectivity index (χ0v) is 12.2. The van der Waals surface area contributed by atoms with E-state index in [1.54, 1.807) is 7.11 Å². The van der Waals surface area contributed by atoms with E-state index in [0.717, 1.165) is 19.3 Å². The number of carbonyl (C=O) groups excluding carboxylic acids is 1. The van der Waals surface area contributed by atoms with E-state index < -0.39 is 0 Å². The van der Waals surface area contributed by atoms with Gasteiger partial charge in [-0.25, -0.2) is 0 Å². The molecule has 0 bridgehead atoms. The zero-order valence-electron chi connectivity index (χ0n) is 12.2. The number of ether oxygens (including phenoxy) is 2. The van der Waals surface area contributed by atoms with Gasteiger partial charge in [0.25, 0.3) is 0 Å². The number of methoxy groups -OCH3 is 1. The summed E-state index contributed by atoms with van der Waals surface area (Å²) in [6.45, 7) is 9.90. The highest BCUT2D eigenvalue weighted by Gasteiger charge is 2.28. The molecular weight excluding hydrogens is 216 g/mol. The maximum atomic E-state index is 12.3. The van der Waals surface area contributed by atoms with Crippen LogP contribution in [0.4, 0.5) is 0 Å². The highest BCUT2D eigenvalue weighted by Crippen LogP contribution is 2.17. The molecule has 0 rings (SSSR count). The van der Waals surface area contributed by atoms with Crippen LogP contribution in [-0.2, 0) is 14.3 Å². The third-order valence-corrected chi connectivity index (χ3v) is 3.10. The van der Waals surface area contributed by atoms with Crippen LogP contribution in [0, 0.1) is 5.92 Å². The Labute approximate surface area is 106 Å². The fraction of sp³-hybridized carbons (Fsp3) is 0.929. The number of Topliss-reactive ketones (excluding diaryl/α,β-unsaturated/α-hetero) is 1. The molecular formula is C14H28O3. The van der Waals surface area contributed by atoms with E-state index >= 15 is 0 Å². The number of hydrogen-bond donors (Lipinski definition) is 0. The lowest BCUT2D eigenvalue weighted by molar-refractivity contribution is -0.141. The first-order valence-corrected chi connectivity index (χ1v) is 6.65. The average Bonchev–Trinajstić information content (AvgIpc) is 2.31. The lowest BCUT2D eigenvalue weighted by Crippen LogP contribution is -2.36. The van der Waals surface area contributed by atoms with Crippen molar-refractivity contribution in [2.45, 2.75) is 72.2 Å². The van der Waals surface area contributed by atoms with Crippen LogP contribution in [0.25, 0.3) is 0 Å². The molecule has 102 valence electrons. The standard InChI is InChI=1S/C14H28O3/c1-7-8-9-13(17-10(2)3)14(15)11(4)12(5)16-6/h10-13H,7-9H2,1-6H3. The van der Waals surface area contributed by atoms with Crippen molar-refractivity contribution in [3.63, 3.8) is 0 Å². The largest absolute Gasteiger partial charge is 0.381 e. The van der Waals surface area contributed by atoms with Crippen molar-refractivity contribution < 1.29 is 14.3 Å². The molecule has 0 aliphatic rings. The minimum Gasteiger partial charge on any atom is -0.381 e. The van der Waals surface area contributed by atoms with Crippen LogP contribution in [-0.4, -0.2) is 31.2 Å². The number of rotatable bonds is 9. The lowest BCUT2D eigenvalue weighted by atomic mass is 9.94. The first kappa shape index (κ1) is 16.6. The molecule has 0 spiro atoms. The SMILES string of the molecule is CCCCC(OC(C)C)C(=O)C(C)C(C)OC. The van der Waals surface area contributed by atoms with Crippen LogP contribution in [0.2, 0.25) is 0 Å². The van der Waals surface area contributed by atoms with Crippen molar-refractivity contribution in [1.29, 1.82) is 0 Å². The second-order valence-electron chi connectivity index (χ2n) is 4.95. The molecule has 0 aromatic carbocycles. The van der Waals surface area contributed by atoms with Crippen LogP contribution < -0.4 is 0 Å². The molecule has 3 nitrogen and oxygen atoms in total. The average molecular weight is 244 g/mol. The third kappa shape index (κ3) is 6.18. The van der Waals surface area contributed by atoms with Gasteiger partial charge in [0.1, 0.15) is 6.10 Å². The van der Waals surface area contributed by atoms with Gasteiger partial charge in [0.05, 0.1) is 12.2 Å². The molecule has 0 aliphatic carbocycles. The molecule has 0 saturated heterocycles. The monoisotopic (exact) mass is 244 g/mol. The third-order valence-electron chi connectivity index (χ3n) is 3.10. The molecule has 3 unspecified atom stereocenters. The minimum atomic E-state index is -0.275. The summed E-state index contributed by atoms with van der Waals surface area (Å²) in [6, 6.07) is 0. The van der Waals surface area contributed by atoms with E-state index in [4.69, 9.17) is 9.47 Å². The van der Waals surface area contributed by atoms with Crippen molar-refractivity contribution in [2.75, 3.05) is 7.11 Å². The number of ketones is 1. The molecule has 0 N–H and O–H groups in total. The second-order valence-corrected chi connectivity index (χ2v) is 4.95. The molecule has 0 saturated carbocycles. The van der Waals surface area contributed by atoms with E-state index in [0.29, 0.717) is 0 Å². The predicted molar refractivity (Wildman–Crippen MR) is 70.2 cm³/mol. The first-order chi connectivity index (χ1) is 7.93. The van der Waals surface area contributed by atoms with Crippen LogP contribution in [0.5, 0.6) is 0 Å². The molecule has 0 aliphatic heterocycles. The summed E-state index contributed by atoms with van der Waals surface area (Å²) in [6.07, 6.45) is 2.68. The molecule has 0 aromatic rings. The van der Waals surface area contributed by atoms with Crippen molar-refractivity contribution in [3.05, 3.63) is 0 Å². The molecule has 3 heteroatoms. The molecule has 0 fully saturated rings. The van der Waals surface area contributed by atoms with Gasteiger partial charge in [0, 0.05) is 13.0 Å². The van der Waals surface area contributed by atoms with Gasteiger partial charge in [-0.2, -0.15) is 0 Å². The van der Waals surface area contributed by atoms with Crippen molar-refractivity contribution >= 4 is 5.78 Å². The molecule has 0 radical (unpaired) electrons. The summed E-state index contributed by atoms with van der Waals surface area (Å²) in [5, 5.41) is 0. The van der Waals surface area contributed by atoms with Gasteiger partial charge in [-0.1, -0.05) is 26.7 Å². The summed E-state index contributed by atoms with van der Waals surface area (Å²) in [5.74, 6) is 0.0575. The van der Waals surface area contributed by atoms with Gasteiger partial charge in [-0.05, 0) is 27.2 Å². The molecule has 0 heterocycles. The van der Waals surface area contributed by atoms with Gasteiger partial charge in [0.15, 0.2) is 5.78 Å². The Morgan fingerprint density at radius 2 is 1.76 bits per heavy atom. The van der Waals surface area contributed by atoms with Crippen LogP contribution in [0.3, 0.4) is 0 Å². The summed E-state index contributed by atoms with van der Waals surface area (Å²) >= 11 is 0. The Morgan fingerprint density at radius 3 is 2.18 bits per heavy atom. The van der Waals surface area contributed by atoms with Crippen LogP contribution in [0.15, 0.2) is 0 Å². The summed E-state index contributed by atoms with van der Waals surface area (Å²) in [7, 11) is 1.64. The Hall–Kier alpha value is -0.410. The maximum absolute atomic E-state index is 12.3. The van der Waals surface area contributed by atoms with Crippen molar-refractivity contribution in [2.24, 2.45) is 5.92 Å². The van der Waals surface area contributed by atoms with Gasteiger partial charge >= 0.3 is 0 Å². The highest BCUT2D eigenvalue weighted by atomic mass is 16.5. The summed E-state index contributed by atoms with van der Waals surface area (Å²) in [5.41, 5.74) is 0.